The fraction of sp³-hybridized carbons (Fsp3) is 0.500. The smallest absolute Gasteiger partial charge is 0.243 e. The third kappa shape index (κ3) is 3.01. The minimum atomic E-state index is -3.53. The number of nitrogens with two attached hydrogens (primary N) is 1. The number of rotatable bonds is 3. The minimum absolute atomic E-state index is 0.0153. The lowest BCUT2D eigenvalue weighted by atomic mass is 9.93. The van der Waals surface area contributed by atoms with Gasteiger partial charge in [-0.05, 0) is 43.9 Å². The highest BCUT2D eigenvalue weighted by atomic mass is 32.2. The van der Waals surface area contributed by atoms with E-state index in [9.17, 15) is 8.42 Å². The molecule has 0 saturated carbocycles. The van der Waals surface area contributed by atoms with E-state index >= 15 is 0 Å². The van der Waals surface area contributed by atoms with Crippen LogP contribution in [-0.2, 0) is 10.0 Å². The molecular weight excluding hydrogens is 274 g/mol. The molecule has 2 rings (SSSR count). The van der Waals surface area contributed by atoms with Crippen LogP contribution in [0.5, 0.6) is 0 Å². The molecule has 6 heteroatoms. The molecule has 1 aliphatic heterocycles. The molecule has 5 nitrogen and oxygen atoms in total. The first-order valence-corrected chi connectivity index (χ1v) is 8.15. The number of piperidine rings is 1. The van der Waals surface area contributed by atoms with Gasteiger partial charge in [-0.25, -0.2) is 8.42 Å². The van der Waals surface area contributed by atoms with Crippen molar-refractivity contribution < 1.29 is 8.42 Å². The normalized spacial score (nSPS) is 22.1. The number of nitrogens with zero attached hydrogens (tertiary/aromatic N) is 2. The van der Waals surface area contributed by atoms with E-state index in [1.807, 2.05) is 13.0 Å². The number of nitriles is 1. The number of sulfonamides is 1. The Balaban J connectivity index is 2.28. The second kappa shape index (κ2) is 5.92. The maximum absolute atomic E-state index is 12.6. The molecule has 0 spiro atoms. The van der Waals surface area contributed by atoms with Gasteiger partial charge in [-0.1, -0.05) is 6.07 Å². The van der Waals surface area contributed by atoms with E-state index in [1.165, 1.54) is 16.4 Å². The Bertz CT molecular complexity index is 620. The van der Waals surface area contributed by atoms with Crippen LogP contribution in [0.2, 0.25) is 0 Å². The summed E-state index contributed by atoms with van der Waals surface area (Å²) in [5.74, 6) is 0.192. The Morgan fingerprint density at radius 1 is 1.50 bits per heavy atom. The molecule has 0 radical (unpaired) electrons. The molecule has 0 aliphatic carbocycles. The molecule has 20 heavy (non-hydrogen) atoms. The highest BCUT2D eigenvalue weighted by molar-refractivity contribution is 7.89. The molecule has 2 N–H and O–H groups in total. The Kier molecular flexibility index (Phi) is 4.43. The van der Waals surface area contributed by atoms with E-state index < -0.39 is 10.0 Å². The van der Waals surface area contributed by atoms with Crippen LogP contribution in [0.25, 0.3) is 0 Å². The van der Waals surface area contributed by atoms with Crippen molar-refractivity contribution in [1.82, 2.24) is 4.31 Å². The summed E-state index contributed by atoms with van der Waals surface area (Å²) in [6.45, 7) is 2.89. The molecule has 1 heterocycles. The van der Waals surface area contributed by atoms with Crippen LogP contribution in [0.4, 0.5) is 0 Å². The van der Waals surface area contributed by atoms with Gasteiger partial charge in [0.2, 0.25) is 10.0 Å². The van der Waals surface area contributed by atoms with E-state index in [2.05, 4.69) is 0 Å². The predicted molar refractivity (Wildman–Crippen MR) is 76.3 cm³/mol. The van der Waals surface area contributed by atoms with Gasteiger partial charge in [0.25, 0.3) is 0 Å². The van der Waals surface area contributed by atoms with Crippen LogP contribution in [-0.4, -0.2) is 31.9 Å². The zero-order valence-electron chi connectivity index (χ0n) is 11.5. The van der Waals surface area contributed by atoms with Gasteiger partial charge in [0, 0.05) is 19.1 Å². The SMILES string of the molecule is C[C@H](N)[C@H]1CCCN(S(=O)(=O)c2cccc(C#N)c2)C1. The lowest BCUT2D eigenvalue weighted by Crippen LogP contribution is -2.44. The number of benzene rings is 1. The zero-order valence-corrected chi connectivity index (χ0v) is 12.3. The first kappa shape index (κ1) is 15.0. The predicted octanol–water partition coefficient (Wildman–Crippen LogP) is 1.31. The highest BCUT2D eigenvalue weighted by Crippen LogP contribution is 2.25. The first-order valence-electron chi connectivity index (χ1n) is 6.71. The van der Waals surface area contributed by atoms with Gasteiger partial charge in [0.15, 0.2) is 0 Å². The minimum Gasteiger partial charge on any atom is -0.328 e. The number of hydrogen-bond acceptors (Lipinski definition) is 4. The monoisotopic (exact) mass is 293 g/mol. The molecule has 2 atom stereocenters. The van der Waals surface area contributed by atoms with E-state index in [0.717, 1.165) is 12.8 Å². The molecule has 0 aromatic heterocycles. The lowest BCUT2D eigenvalue weighted by molar-refractivity contribution is 0.243. The van der Waals surface area contributed by atoms with E-state index in [1.54, 1.807) is 12.1 Å². The van der Waals surface area contributed by atoms with Gasteiger partial charge >= 0.3 is 0 Å². The van der Waals surface area contributed by atoms with Gasteiger partial charge in [0.05, 0.1) is 16.5 Å². The van der Waals surface area contributed by atoms with Crippen molar-refractivity contribution in [3.63, 3.8) is 0 Å². The van der Waals surface area contributed by atoms with Crippen molar-refractivity contribution in [2.24, 2.45) is 11.7 Å². The van der Waals surface area contributed by atoms with Crippen molar-refractivity contribution in [2.75, 3.05) is 13.1 Å². The van der Waals surface area contributed by atoms with E-state index in [-0.39, 0.29) is 16.9 Å². The maximum atomic E-state index is 12.6. The molecule has 1 aliphatic rings. The summed E-state index contributed by atoms with van der Waals surface area (Å²) >= 11 is 0. The van der Waals surface area contributed by atoms with Gasteiger partial charge < -0.3 is 5.73 Å². The molecule has 0 amide bonds. The second-order valence-corrected chi connectivity index (χ2v) is 7.20. The van der Waals surface area contributed by atoms with Gasteiger partial charge in [-0.3, -0.25) is 0 Å². The van der Waals surface area contributed by atoms with Crippen LogP contribution in [0.3, 0.4) is 0 Å². The average Bonchev–Trinajstić information content (AvgIpc) is 2.47. The average molecular weight is 293 g/mol. The molecule has 108 valence electrons. The Hall–Kier alpha value is -1.42. The molecule has 1 saturated heterocycles. The molecular formula is C14H19N3O2S. The molecule has 0 bridgehead atoms. The Morgan fingerprint density at radius 3 is 2.90 bits per heavy atom. The fourth-order valence-electron chi connectivity index (χ4n) is 2.50. The maximum Gasteiger partial charge on any atom is 0.243 e. The summed E-state index contributed by atoms with van der Waals surface area (Å²) in [4.78, 5) is 0.182. The highest BCUT2D eigenvalue weighted by Gasteiger charge is 2.31. The van der Waals surface area contributed by atoms with Crippen LogP contribution in [0, 0.1) is 17.2 Å². The summed E-state index contributed by atoms with van der Waals surface area (Å²) in [5, 5.41) is 8.88. The lowest BCUT2D eigenvalue weighted by Gasteiger charge is -2.33. The van der Waals surface area contributed by atoms with Gasteiger partial charge in [-0.2, -0.15) is 9.57 Å². The van der Waals surface area contributed by atoms with Crippen molar-refractivity contribution in [3.8, 4) is 6.07 Å². The molecule has 1 aromatic rings. The summed E-state index contributed by atoms with van der Waals surface area (Å²) in [6.07, 6.45) is 1.78. The van der Waals surface area contributed by atoms with E-state index in [4.69, 9.17) is 11.0 Å². The summed E-state index contributed by atoms with van der Waals surface area (Å²) in [5.41, 5.74) is 6.25. The van der Waals surface area contributed by atoms with Crippen molar-refractivity contribution >= 4 is 10.0 Å². The summed E-state index contributed by atoms with van der Waals surface area (Å²) in [7, 11) is -3.53. The summed E-state index contributed by atoms with van der Waals surface area (Å²) < 4.78 is 26.7. The number of hydrogen-bond donors (Lipinski definition) is 1. The first-order chi connectivity index (χ1) is 9.45. The van der Waals surface area contributed by atoms with Crippen molar-refractivity contribution in [1.29, 1.82) is 5.26 Å². The third-order valence-electron chi connectivity index (χ3n) is 3.77. The zero-order chi connectivity index (χ0) is 14.8. The topological polar surface area (TPSA) is 87.2 Å². The molecule has 0 unspecified atom stereocenters. The van der Waals surface area contributed by atoms with E-state index in [0.29, 0.717) is 18.7 Å². The van der Waals surface area contributed by atoms with Crippen LogP contribution in [0.15, 0.2) is 29.2 Å². The molecule has 1 fully saturated rings. The largest absolute Gasteiger partial charge is 0.328 e. The Labute approximate surface area is 120 Å². The third-order valence-corrected chi connectivity index (χ3v) is 5.63. The van der Waals surface area contributed by atoms with Crippen molar-refractivity contribution in [2.45, 2.75) is 30.7 Å². The fourth-order valence-corrected chi connectivity index (χ4v) is 4.08. The van der Waals surface area contributed by atoms with Crippen LogP contribution in [0.1, 0.15) is 25.3 Å². The van der Waals surface area contributed by atoms with Crippen molar-refractivity contribution in [3.05, 3.63) is 29.8 Å². The molecule has 1 aromatic carbocycles. The van der Waals surface area contributed by atoms with Gasteiger partial charge in [0.1, 0.15) is 0 Å². The van der Waals surface area contributed by atoms with Crippen LogP contribution < -0.4 is 5.73 Å². The standard InChI is InChI=1S/C14H19N3O2S/c1-11(16)13-5-3-7-17(10-13)20(18,19)14-6-2-4-12(8-14)9-15/h2,4,6,8,11,13H,3,5,7,10,16H2,1H3/t11-,13-/m0/s1. The summed E-state index contributed by atoms with van der Waals surface area (Å²) in [6, 6.07) is 8.10. The quantitative estimate of drug-likeness (QED) is 0.910. The van der Waals surface area contributed by atoms with Gasteiger partial charge in [-0.15, -0.1) is 0 Å². The Morgan fingerprint density at radius 2 is 2.25 bits per heavy atom. The van der Waals surface area contributed by atoms with Crippen LogP contribution >= 0.6 is 0 Å². The second-order valence-electron chi connectivity index (χ2n) is 5.26.